The Kier molecular flexibility index (Phi) is 7.41. The lowest BCUT2D eigenvalue weighted by atomic mass is 10.1. The molecule has 0 aliphatic heterocycles. The lowest BCUT2D eigenvalue weighted by Crippen LogP contribution is -2.30. The van der Waals surface area contributed by atoms with E-state index in [1.54, 1.807) is 31.4 Å². The molecule has 0 bridgehead atoms. The number of ether oxygens (including phenoxy) is 1. The first-order chi connectivity index (χ1) is 12.4. The quantitative estimate of drug-likeness (QED) is 0.690. The molecule has 0 aromatic heterocycles. The SMILES string of the molecule is COc1ccc(C)cc1CN(C)CC(=O)Nc1ccc(SC(F)F)cc1. The van der Waals surface area contributed by atoms with Gasteiger partial charge in [-0.1, -0.05) is 29.5 Å². The lowest BCUT2D eigenvalue weighted by Gasteiger charge is -2.18. The number of anilines is 1. The number of hydrogen-bond donors (Lipinski definition) is 1. The van der Waals surface area contributed by atoms with Gasteiger partial charge in [0, 0.05) is 22.7 Å². The fourth-order valence-corrected chi connectivity index (χ4v) is 3.04. The highest BCUT2D eigenvalue weighted by molar-refractivity contribution is 7.99. The van der Waals surface area contributed by atoms with Gasteiger partial charge >= 0.3 is 0 Å². The van der Waals surface area contributed by atoms with Crippen molar-refractivity contribution in [3.8, 4) is 5.75 Å². The van der Waals surface area contributed by atoms with Crippen molar-refractivity contribution in [1.29, 1.82) is 0 Å². The highest BCUT2D eigenvalue weighted by Crippen LogP contribution is 2.26. The Morgan fingerprint density at radius 3 is 2.54 bits per heavy atom. The molecule has 0 saturated heterocycles. The summed E-state index contributed by atoms with van der Waals surface area (Å²) in [5.74, 6) is -1.84. The predicted octanol–water partition coefficient (Wildman–Crippen LogP) is 4.39. The molecule has 0 heterocycles. The predicted molar refractivity (Wildman–Crippen MR) is 101 cm³/mol. The summed E-state index contributed by atoms with van der Waals surface area (Å²) in [6, 6.07) is 12.3. The molecular weight excluding hydrogens is 358 g/mol. The van der Waals surface area contributed by atoms with Crippen LogP contribution in [0.2, 0.25) is 0 Å². The first-order valence-corrected chi connectivity index (χ1v) is 8.92. The summed E-state index contributed by atoms with van der Waals surface area (Å²) in [5.41, 5.74) is 2.71. The zero-order chi connectivity index (χ0) is 19.1. The molecule has 140 valence electrons. The van der Waals surface area contributed by atoms with Crippen LogP contribution in [0.15, 0.2) is 47.4 Å². The van der Waals surface area contributed by atoms with Gasteiger partial charge in [-0.3, -0.25) is 9.69 Å². The molecule has 0 spiro atoms. The van der Waals surface area contributed by atoms with Gasteiger partial charge in [-0.05, 0) is 44.3 Å². The van der Waals surface area contributed by atoms with E-state index in [-0.39, 0.29) is 12.5 Å². The van der Waals surface area contributed by atoms with E-state index in [1.165, 1.54) is 0 Å². The normalized spacial score (nSPS) is 11.0. The number of nitrogens with one attached hydrogen (secondary N) is 1. The average molecular weight is 380 g/mol. The van der Waals surface area contributed by atoms with Gasteiger partial charge in [0.2, 0.25) is 5.91 Å². The van der Waals surface area contributed by atoms with E-state index in [0.717, 1.165) is 16.9 Å². The van der Waals surface area contributed by atoms with Gasteiger partial charge in [0.25, 0.3) is 5.76 Å². The van der Waals surface area contributed by atoms with Crippen molar-refractivity contribution >= 4 is 23.4 Å². The Bertz CT molecular complexity index is 739. The molecule has 0 atom stereocenters. The van der Waals surface area contributed by atoms with E-state index in [2.05, 4.69) is 5.32 Å². The standard InChI is InChI=1S/C19H22F2N2O2S/c1-13-4-9-17(25-3)14(10-13)11-23(2)12-18(24)22-15-5-7-16(8-6-15)26-19(20)21/h4-10,19H,11-12H2,1-3H3,(H,22,24). The fourth-order valence-electron chi connectivity index (χ4n) is 2.54. The first kappa shape index (κ1) is 20.2. The van der Waals surface area contributed by atoms with Gasteiger partial charge in [-0.2, -0.15) is 8.78 Å². The Balaban J connectivity index is 1.90. The zero-order valence-corrected chi connectivity index (χ0v) is 15.8. The number of rotatable bonds is 8. The van der Waals surface area contributed by atoms with Crippen LogP contribution in [0, 0.1) is 6.92 Å². The highest BCUT2D eigenvalue weighted by atomic mass is 32.2. The van der Waals surface area contributed by atoms with E-state index in [1.807, 2.05) is 37.1 Å². The number of alkyl halides is 2. The van der Waals surface area contributed by atoms with Crippen molar-refractivity contribution in [2.75, 3.05) is 26.0 Å². The molecule has 1 amide bonds. The number of carbonyl (C=O) groups is 1. The number of nitrogens with zero attached hydrogens (tertiary/aromatic N) is 1. The van der Waals surface area contributed by atoms with Crippen LogP contribution >= 0.6 is 11.8 Å². The zero-order valence-electron chi connectivity index (χ0n) is 15.0. The molecule has 1 N–H and O–H groups in total. The van der Waals surface area contributed by atoms with E-state index >= 15 is 0 Å². The van der Waals surface area contributed by atoms with Crippen molar-refractivity contribution in [2.45, 2.75) is 24.1 Å². The highest BCUT2D eigenvalue weighted by Gasteiger charge is 2.11. The summed E-state index contributed by atoms with van der Waals surface area (Å²) in [5, 5.41) is 2.77. The summed E-state index contributed by atoms with van der Waals surface area (Å²) in [6.45, 7) is 2.78. The van der Waals surface area contributed by atoms with Crippen LogP contribution in [0.1, 0.15) is 11.1 Å². The molecule has 0 aliphatic carbocycles. The molecule has 7 heteroatoms. The van der Waals surface area contributed by atoms with E-state index in [9.17, 15) is 13.6 Å². The minimum Gasteiger partial charge on any atom is -0.496 e. The molecule has 0 unspecified atom stereocenters. The van der Waals surface area contributed by atoms with E-state index in [4.69, 9.17) is 4.74 Å². The van der Waals surface area contributed by atoms with Crippen LogP contribution in [0.4, 0.5) is 14.5 Å². The van der Waals surface area contributed by atoms with E-state index in [0.29, 0.717) is 28.9 Å². The molecule has 0 radical (unpaired) electrons. The number of halogens is 2. The summed E-state index contributed by atoms with van der Waals surface area (Å²) in [6.07, 6.45) is 0. The summed E-state index contributed by atoms with van der Waals surface area (Å²) in [7, 11) is 3.47. The minimum atomic E-state index is -2.46. The molecule has 0 saturated carbocycles. The molecule has 0 aliphatic rings. The molecular formula is C19H22F2N2O2S. The van der Waals surface area contributed by atoms with Crippen molar-refractivity contribution in [3.63, 3.8) is 0 Å². The van der Waals surface area contributed by atoms with Crippen molar-refractivity contribution in [1.82, 2.24) is 4.90 Å². The molecule has 2 aromatic carbocycles. The number of aryl methyl sites for hydroxylation is 1. The maximum Gasteiger partial charge on any atom is 0.288 e. The van der Waals surface area contributed by atoms with Crippen LogP contribution < -0.4 is 10.1 Å². The largest absolute Gasteiger partial charge is 0.496 e. The third-order valence-corrected chi connectivity index (χ3v) is 4.38. The lowest BCUT2D eigenvalue weighted by molar-refractivity contribution is -0.117. The van der Waals surface area contributed by atoms with Crippen molar-refractivity contribution in [3.05, 3.63) is 53.6 Å². The number of hydrogen-bond acceptors (Lipinski definition) is 4. The average Bonchev–Trinajstić information content (AvgIpc) is 2.56. The Morgan fingerprint density at radius 1 is 1.23 bits per heavy atom. The number of likely N-dealkylation sites (N-methyl/N-ethyl adjacent to an activating group) is 1. The van der Waals surface area contributed by atoms with Gasteiger partial charge in [0.15, 0.2) is 0 Å². The molecule has 2 rings (SSSR count). The number of carbonyl (C=O) groups excluding carboxylic acids is 1. The van der Waals surface area contributed by atoms with Crippen molar-refractivity contribution < 1.29 is 18.3 Å². The smallest absolute Gasteiger partial charge is 0.288 e. The Labute approximate surface area is 156 Å². The van der Waals surface area contributed by atoms with Gasteiger partial charge in [-0.15, -0.1) is 0 Å². The molecule has 26 heavy (non-hydrogen) atoms. The van der Waals surface area contributed by atoms with Gasteiger partial charge < -0.3 is 10.1 Å². The van der Waals surface area contributed by atoms with Crippen LogP contribution in [-0.2, 0) is 11.3 Å². The number of thioether (sulfide) groups is 1. The van der Waals surface area contributed by atoms with E-state index < -0.39 is 5.76 Å². The van der Waals surface area contributed by atoms with Crippen LogP contribution in [0.5, 0.6) is 5.75 Å². The minimum absolute atomic E-state index is 0.173. The van der Waals surface area contributed by atoms with Crippen LogP contribution in [0.25, 0.3) is 0 Å². The van der Waals surface area contributed by atoms with Gasteiger partial charge in [-0.25, -0.2) is 0 Å². The second-order valence-corrected chi connectivity index (χ2v) is 7.00. The topological polar surface area (TPSA) is 41.6 Å². The van der Waals surface area contributed by atoms with Crippen molar-refractivity contribution in [2.24, 2.45) is 0 Å². The maximum absolute atomic E-state index is 12.3. The van der Waals surface area contributed by atoms with Crippen LogP contribution in [-0.4, -0.2) is 37.3 Å². The second-order valence-electron chi connectivity index (χ2n) is 5.94. The third kappa shape index (κ3) is 6.31. The molecule has 4 nitrogen and oxygen atoms in total. The second kappa shape index (κ2) is 9.54. The van der Waals surface area contributed by atoms with Gasteiger partial charge in [0.1, 0.15) is 5.75 Å². The monoisotopic (exact) mass is 380 g/mol. The third-order valence-electron chi connectivity index (χ3n) is 3.65. The Morgan fingerprint density at radius 2 is 1.92 bits per heavy atom. The van der Waals surface area contributed by atoms with Crippen LogP contribution in [0.3, 0.4) is 0 Å². The van der Waals surface area contributed by atoms with Gasteiger partial charge in [0.05, 0.1) is 13.7 Å². The Hall–Kier alpha value is -2.12. The number of benzene rings is 2. The molecule has 2 aromatic rings. The summed E-state index contributed by atoms with van der Waals surface area (Å²) >= 11 is 0.476. The number of methoxy groups -OCH3 is 1. The summed E-state index contributed by atoms with van der Waals surface area (Å²) < 4.78 is 30.0. The molecule has 0 fully saturated rings. The maximum atomic E-state index is 12.3. The number of amides is 1. The first-order valence-electron chi connectivity index (χ1n) is 8.04. The fraction of sp³-hybridized carbons (Fsp3) is 0.316. The summed E-state index contributed by atoms with van der Waals surface area (Å²) in [4.78, 5) is 14.5.